The Kier molecular flexibility index (Phi) is 2.94. The molecular weight excluding hydrogens is 310 g/mol. The minimum atomic E-state index is 0.912. The fraction of sp³-hybridized carbons (Fsp3) is 0.0500. The quantitative estimate of drug-likeness (QED) is 0.503. The fourth-order valence-electron chi connectivity index (χ4n) is 3.25. The second-order valence-electron chi connectivity index (χ2n) is 6.17. The highest BCUT2D eigenvalue weighted by Crippen LogP contribution is 2.32. The van der Waals surface area contributed by atoms with Crippen molar-refractivity contribution < 1.29 is 0 Å². The van der Waals surface area contributed by atoms with Gasteiger partial charge in [0.15, 0.2) is 0 Å². The van der Waals surface area contributed by atoms with Gasteiger partial charge >= 0.3 is 0 Å². The molecule has 0 atom stereocenters. The maximum atomic E-state index is 4.53. The van der Waals surface area contributed by atoms with E-state index >= 15 is 0 Å². The van der Waals surface area contributed by atoms with Gasteiger partial charge in [-0.2, -0.15) is 5.10 Å². The number of benzene rings is 1. The van der Waals surface area contributed by atoms with Crippen LogP contribution in [0.25, 0.3) is 44.3 Å². The molecule has 0 aliphatic heterocycles. The van der Waals surface area contributed by atoms with Gasteiger partial charge < -0.3 is 4.98 Å². The number of rotatable bonds is 2. The lowest BCUT2D eigenvalue weighted by Crippen LogP contribution is -1.85. The van der Waals surface area contributed by atoms with Crippen molar-refractivity contribution >= 4 is 21.8 Å². The molecule has 4 heterocycles. The molecule has 0 unspecified atom stereocenters. The van der Waals surface area contributed by atoms with Gasteiger partial charge in [-0.3, -0.25) is 15.1 Å². The predicted molar refractivity (Wildman–Crippen MR) is 99.1 cm³/mol. The van der Waals surface area contributed by atoms with Crippen LogP contribution in [0.2, 0.25) is 0 Å². The van der Waals surface area contributed by atoms with Crippen molar-refractivity contribution in [1.82, 2.24) is 25.1 Å². The zero-order valence-electron chi connectivity index (χ0n) is 13.6. The highest BCUT2D eigenvalue weighted by atomic mass is 15.1. The number of nitrogens with zero attached hydrogens (tertiary/aromatic N) is 3. The van der Waals surface area contributed by atoms with Gasteiger partial charge in [-0.1, -0.05) is 6.07 Å². The van der Waals surface area contributed by atoms with Gasteiger partial charge in [-0.25, -0.2) is 0 Å². The molecule has 1 aromatic carbocycles. The standard InChI is InChI=1S/C20H15N5/c1-12-4-6-21-10-16(12)13-2-3-17-15(8-13)20(25-24-17)18-9-14-5-7-22-11-19(14)23-18/h2-11,23H,1H3,(H,24,25). The third-order valence-corrected chi connectivity index (χ3v) is 4.59. The summed E-state index contributed by atoms with van der Waals surface area (Å²) in [5.41, 5.74) is 7.39. The molecule has 25 heavy (non-hydrogen) atoms. The molecule has 4 aromatic heterocycles. The monoisotopic (exact) mass is 325 g/mol. The molecule has 5 aromatic rings. The Labute approximate surface area is 143 Å². The van der Waals surface area contributed by atoms with Crippen LogP contribution in [-0.2, 0) is 0 Å². The number of nitrogens with one attached hydrogen (secondary N) is 2. The molecule has 5 heteroatoms. The topological polar surface area (TPSA) is 70.2 Å². The first-order valence-electron chi connectivity index (χ1n) is 8.12. The lowest BCUT2D eigenvalue weighted by Gasteiger charge is -2.05. The zero-order valence-corrected chi connectivity index (χ0v) is 13.6. The summed E-state index contributed by atoms with van der Waals surface area (Å²) in [5.74, 6) is 0. The van der Waals surface area contributed by atoms with Crippen LogP contribution in [0.1, 0.15) is 5.56 Å². The van der Waals surface area contributed by atoms with E-state index in [1.807, 2.05) is 30.7 Å². The number of aromatic amines is 2. The van der Waals surface area contributed by atoms with E-state index < -0.39 is 0 Å². The summed E-state index contributed by atoms with van der Waals surface area (Å²) >= 11 is 0. The number of fused-ring (bicyclic) bond motifs is 2. The molecule has 0 radical (unpaired) electrons. The molecule has 0 aliphatic rings. The summed E-state index contributed by atoms with van der Waals surface area (Å²) in [5, 5.41) is 9.86. The SMILES string of the molecule is Cc1ccncc1-c1ccc2[nH]nc(-c3cc4ccncc4[nH]3)c2c1. The predicted octanol–water partition coefficient (Wildman–Crippen LogP) is 4.48. The lowest BCUT2D eigenvalue weighted by atomic mass is 10.0. The van der Waals surface area contributed by atoms with E-state index in [0.29, 0.717) is 0 Å². The Balaban J connectivity index is 1.71. The van der Waals surface area contributed by atoms with Crippen LogP contribution in [-0.4, -0.2) is 25.1 Å². The van der Waals surface area contributed by atoms with Crippen molar-refractivity contribution in [2.75, 3.05) is 0 Å². The zero-order chi connectivity index (χ0) is 16.8. The van der Waals surface area contributed by atoms with Crippen molar-refractivity contribution in [2.45, 2.75) is 6.92 Å². The van der Waals surface area contributed by atoms with E-state index in [9.17, 15) is 0 Å². The first kappa shape index (κ1) is 13.9. The summed E-state index contributed by atoms with van der Waals surface area (Å²) in [7, 11) is 0. The van der Waals surface area contributed by atoms with Crippen molar-refractivity contribution in [1.29, 1.82) is 0 Å². The summed E-state index contributed by atoms with van der Waals surface area (Å²) in [6.45, 7) is 2.10. The van der Waals surface area contributed by atoms with Gasteiger partial charge in [0.1, 0.15) is 5.69 Å². The van der Waals surface area contributed by atoms with Crippen LogP contribution < -0.4 is 0 Å². The summed E-state index contributed by atoms with van der Waals surface area (Å²) in [4.78, 5) is 11.8. The molecule has 0 saturated heterocycles. The van der Waals surface area contributed by atoms with Crippen LogP contribution >= 0.6 is 0 Å². The normalized spacial score (nSPS) is 11.4. The Morgan fingerprint density at radius 2 is 1.76 bits per heavy atom. The Hall–Kier alpha value is -3.47. The number of aromatic nitrogens is 5. The second-order valence-corrected chi connectivity index (χ2v) is 6.17. The number of aryl methyl sites for hydroxylation is 1. The molecule has 2 N–H and O–H groups in total. The smallest absolute Gasteiger partial charge is 0.116 e. The number of H-pyrrole nitrogens is 2. The molecule has 120 valence electrons. The van der Waals surface area contributed by atoms with Crippen molar-refractivity contribution in [3.63, 3.8) is 0 Å². The van der Waals surface area contributed by atoms with E-state index in [-0.39, 0.29) is 0 Å². The molecule has 0 fully saturated rings. The van der Waals surface area contributed by atoms with Gasteiger partial charge in [0.2, 0.25) is 0 Å². The Morgan fingerprint density at radius 1 is 0.880 bits per heavy atom. The molecular formula is C20H15N5. The van der Waals surface area contributed by atoms with Gasteiger partial charge in [-0.15, -0.1) is 0 Å². The van der Waals surface area contributed by atoms with Crippen LogP contribution in [0.4, 0.5) is 0 Å². The third-order valence-electron chi connectivity index (χ3n) is 4.59. The minimum Gasteiger partial charge on any atom is -0.352 e. The first-order valence-corrected chi connectivity index (χ1v) is 8.12. The van der Waals surface area contributed by atoms with Crippen LogP contribution in [0.5, 0.6) is 0 Å². The molecule has 5 nitrogen and oxygen atoms in total. The Morgan fingerprint density at radius 3 is 2.64 bits per heavy atom. The molecule has 5 rings (SSSR count). The third kappa shape index (κ3) is 2.21. The van der Waals surface area contributed by atoms with E-state index in [2.05, 4.69) is 56.3 Å². The van der Waals surface area contributed by atoms with E-state index in [4.69, 9.17) is 0 Å². The van der Waals surface area contributed by atoms with Crippen LogP contribution in [0.3, 0.4) is 0 Å². The number of pyridine rings is 2. The van der Waals surface area contributed by atoms with Gasteiger partial charge in [0, 0.05) is 34.9 Å². The molecule has 0 saturated carbocycles. The molecule has 0 bridgehead atoms. The number of hydrogen-bond acceptors (Lipinski definition) is 3. The maximum Gasteiger partial charge on any atom is 0.116 e. The summed E-state index contributed by atoms with van der Waals surface area (Å²) in [6, 6.07) is 12.5. The molecule has 0 amide bonds. The van der Waals surface area contributed by atoms with Crippen LogP contribution in [0.15, 0.2) is 61.2 Å². The largest absolute Gasteiger partial charge is 0.352 e. The first-order chi connectivity index (χ1) is 12.3. The summed E-state index contributed by atoms with van der Waals surface area (Å²) in [6.07, 6.45) is 7.36. The number of hydrogen-bond donors (Lipinski definition) is 2. The fourth-order valence-corrected chi connectivity index (χ4v) is 3.25. The average molecular weight is 325 g/mol. The van der Waals surface area contributed by atoms with Gasteiger partial charge in [-0.05, 0) is 48.4 Å². The molecule has 0 spiro atoms. The Bertz CT molecular complexity index is 1180. The highest BCUT2D eigenvalue weighted by molar-refractivity contribution is 5.97. The van der Waals surface area contributed by atoms with E-state index in [1.165, 1.54) is 5.56 Å². The van der Waals surface area contributed by atoms with Gasteiger partial charge in [0.05, 0.1) is 22.9 Å². The maximum absolute atomic E-state index is 4.53. The van der Waals surface area contributed by atoms with Crippen molar-refractivity contribution in [3.8, 4) is 22.5 Å². The van der Waals surface area contributed by atoms with Crippen molar-refractivity contribution in [3.05, 3.63) is 66.7 Å². The lowest BCUT2D eigenvalue weighted by molar-refractivity contribution is 1.12. The second kappa shape index (κ2) is 5.27. The molecule has 0 aliphatic carbocycles. The minimum absolute atomic E-state index is 0.912. The highest BCUT2D eigenvalue weighted by Gasteiger charge is 2.12. The van der Waals surface area contributed by atoms with Crippen LogP contribution in [0, 0.1) is 6.92 Å². The summed E-state index contributed by atoms with van der Waals surface area (Å²) < 4.78 is 0. The van der Waals surface area contributed by atoms with Crippen molar-refractivity contribution in [2.24, 2.45) is 0 Å². The van der Waals surface area contributed by atoms with E-state index in [0.717, 1.165) is 44.3 Å². The van der Waals surface area contributed by atoms with Gasteiger partial charge in [0.25, 0.3) is 0 Å². The average Bonchev–Trinajstić information content (AvgIpc) is 3.25. The van der Waals surface area contributed by atoms with E-state index in [1.54, 1.807) is 6.20 Å².